The van der Waals surface area contributed by atoms with Crippen LogP contribution in [0.4, 0.5) is 9.18 Å². The van der Waals surface area contributed by atoms with Gasteiger partial charge in [-0.25, -0.2) is 9.18 Å². The Morgan fingerprint density at radius 2 is 2.17 bits per heavy atom. The predicted octanol–water partition coefficient (Wildman–Crippen LogP) is 2.48. The van der Waals surface area contributed by atoms with E-state index in [2.05, 4.69) is 15.7 Å². The van der Waals surface area contributed by atoms with Crippen molar-refractivity contribution in [3.05, 3.63) is 48.0 Å². The Hall–Kier alpha value is -2.57. The molecule has 1 heterocycles. The number of halogens is 1. The van der Waals surface area contributed by atoms with Crippen LogP contribution >= 0.6 is 0 Å². The number of nitrogens with one attached hydrogen (secondary N) is 2. The first-order valence-electron chi connectivity index (χ1n) is 7.37. The van der Waals surface area contributed by atoms with Gasteiger partial charge >= 0.3 is 6.03 Å². The first-order chi connectivity index (χ1) is 11.0. The minimum Gasteiger partial charge on any atom is -0.494 e. The van der Waals surface area contributed by atoms with E-state index in [-0.39, 0.29) is 23.9 Å². The van der Waals surface area contributed by atoms with E-state index < -0.39 is 5.82 Å². The summed E-state index contributed by atoms with van der Waals surface area (Å²) in [4.78, 5) is 12.0. The number of urea groups is 1. The molecule has 2 aromatic rings. The number of hydrogen-bond donors (Lipinski definition) is 2. The zero-order valence-corrected chi connectivity index (χ0v) is 13.4. The summed E-state index contributed by atoms with van der Waals surface area (Å²) in [7, 11) is 1.41. The summed E-state index contributed by atoms with van der Waals surface area (Å²) in [6.45, 7) is 4.25. The third-order valence-corrected chi connectivity index (χ3v) is 3.42. The number of carbonyl (C=O) groups excluding carboxylic acids is 1. The van der Waals surface area contributed by atoms with E-state index in [1.54, 1.807) is 29.9 Å². The lowest BCUT2D eigenvalue weighted by Crippen LogP contribution is -2.43. The van der Waals surface area contributed by atoms with Crippen molar-refractivity contribution in [3.8, 4) is 5.75 Å². The van der Waals surface area contributed by atoms with Gasteiger partial charge in [0.2, 0.25) is 0 Å². The molecule has 7 heteroatoms. The van der Waals surface area contributed by atoms with Crippen molar-refractivity contribution in [3.63, 3.8) is 0 Å². The number of carbonyl (C=O) groups is 1. The number of methoxy groups -OCH3 is 1. The predicted molar refractivity (Wildman–Crippen MR) is 84.7 cm³/mol. The largest absolute Gasteiger partial charge is 0.494 e. The summed E-state index contributed by atoms with van der Waals surface area (Å²) < 4.78 is 20.3. The Morgan fingerprint density at radius 1 is 1.39 bits per heavy atom. The van der Waals surface area contributed by atoms with Crippen LogP contribution in [0.25, 0.3) is 0 Å². The molecule has 0 saturated carbocycles. The van der Waals surface area contributed by atoms with Crippen molar-refractivity contribution in [1.29, 1.82) is 0 Å². The topological polar surface area (TPSA) is 68.2 Å². The summed E-state index contributed by atoms with van der Waals surface area (Å²) in [5.74, 6) is -0.274. The van der Waals surface area contributed by atoms with Crippen molar-refractivity contribution in [2.75, 3.05) is 7.11 Å². The maximum atomic E-state index is 13.7. The lowest BCUT2D eigenvalue weighted by molar-refractivity contribution is 0.233. The van der Waals surface area contributed by atoms with Crippen LogP contribution in [0.15, 0.2) is 36.7 Å². The third-order valence-electron chi connectivity index (χ3n) is 3.42. The van der Waals surface area contributed by atoms with Gasteiger partial charge < -0.3 is 15.4 Å². The van der Waals surface area contributed by atoms with Crippen molar-refractivity contribution in [2.24, 2.45) is 0 Å². The van der Waals surface area contributed by atoms with Crippen molar-refractivity contribution in [2.45, 2.75) is 32.5 Å². The molecule has 1 aromatic heterocycles. The van der Waals surface area contributed by atoms with E-state index in [0.29, 0.717) is 12.1 Å². The van der Waals surface area contributed by atoms with Gasteiger partial charge in [0.1, 0.15) is 0 Å². The molecule has 0 unspecified atom stereocenters. The molecule has 2 rings (SSSR count). The van der Waals surface area contributed by atoms with Crippen LogP contribution in [-0.4, -0.2) is 29.0 Å². The highest BCUT2D eigenvalue weighted by atomic mass is 19.1. The highest BCUT2D eigenvalue weighted by Gasteiger charge is 2.14. The van der Waals surface area contributed by atoms with Gasteiger partial charge in [0.05, 0.1) is 19.7 Å². The fourth-order valence-electron chi connectivity index (χ4n) is 2.23. The Labute approximate surface area is 134 Å². The summed E-state index contributed by atoms with van der Waals surface area (Å²) in [5.41, 5.74) is 0.665. The van der Waals surface area contributed by atoms with Crippen molar-refractivity contribution < 1.29 is 13.9 Å². The monoisotopic (exact) mass is 320 g/mol. The van der Waals surface area contributed by atoms with Gasteiger partial charge in [-0.3, -0.25) is 4.68 Å². The molecule has 0 saturated heterocycles. The molecule has 0 spiro atoms. The fourth-order valence-corrected chi connectivity index (χ4v) is 2.23. The first kappa shape index (κ1) is 16.8. The van der Waals surface area contributed by atoms with E-state index in [9.17, 15) is 9.18 Å². The Bertz CT molecular complexity index is 646. The second kappa shape index (κ2) is 7.62. The molecule has 2 atom stereocenters. The average molecular weight is 320 g/mol. The Balaban J connectivity index is 1.87. The van der Waals surface area contributed by atoms with Gasteiger partial charge in [0.25, 0.3) is 0 Å². The third kappa shape index (κ3) is 4.70. The number of amides is 2. The number of ether oxygens (including phenoxy) is 1. The van der Waals surface area contributed by atoms with E-state index >= 15 is 0 Å². The smallest absolute Gasteiger partial charge is 0.315 e. The zero-order valence-electron chi connectivity index (χ0n) is 13.4. The SMILES string of the molecule is COc1ccc([C@H](C)NC(=O)N[C@@H](C)Cn2cccn2)cc1F. The van der Waals surface area contributed by atoms with Gasteiger partial charge in [0.15, 0.2) is 11.6 Å². The molecule has 1 aromatic carbocycles. The molecule has 0 radical (unpaired) electrons. The van der Waals surface area contributed by atoms with Crippen LogP contribution in [0.3, 0.4) is 0 Å². The van der Waals surface area contributed by atoms with Crippen molar-refractivity contribution in [1.82, 2.24) is 20.4 Å². The van der Waals surface area contributed by atoms with Crippen LogP contribution in [-0.2, 0) is 6.54 Å². The number of rotatable bonds is 6. The minimum atomic E-state index is -0.453. The minimum absolute atomic E-state index is 0.0882. The molecule has 124 valence electrons. The molecular formula is C16H21FN4O2. The Kier molecular flexibility index (Phi) is 5.56. The highest BCUT2D eigenvalue weighted by Crippen LogP contribution is 2.21. The average Bonchev–Trinajstić information content (AvgIpc) is 2.99. The normalized spacial score (nSPS) is 13.2. The molecule has 2 amide bonds. The van der Waals surface area contributed by atoms with Gasteiger partial charge in [-0.15, -0.1) is 0 Å². The quantitative estimate of drug-likeness (QED) is 0.859. The molecule has 0 aliphatic carbocycles. The molecular weight excluding hydrogens is 299 g/mol. The van der Waals surface area contributed by atoms with Crippen LogP contribution in [0.1, 0.15) is 25.5 Å². The van der Waals surface area contributed by atoms with Gasteiger partial charge in [-0.2, -0.15) is 5.10 Å². The van der Waals surface area contributed by atoms with Gasteiger partial charge in [-0.1, -0.05) is 6.07 Å². The van der Waals surface area contributed by atoms with Gasteiger partial charge in [-0.05, 0) is 37.6 Å². The lowest BCUT2D eigenvalue weighted by Gasteiger charge is -2.19. The second-order valence-electron chi connectivity index (χ2n) is 5.36. The standard InChI is InChI=1S/C16H21FN4O2/c1-11(10-21-8-4-7-18-21)19-16(22)20-12(2)13-5-6-15(23-3)14(17)9-13/h4-9,11-12H,10H2,1-3H3,(H2,19,20,22)/t11-,12-/m0/s1. The van der Waals surface area contributed by atoms with Crippen LogP contribution in [0.2, 0.25) is 0 Å². The van der Waals surface area contributed by atoms with Crippen LogP contribution < -0.4 is 15.4 Å². The van der Waals surface area contributed by atoms with E-state index in [1.165, 1.54) is 13.2 Å². The highest BCUT2D eigenvalue weighted by molar-refractivity contribution is 5.74. The van der Waals surface area contributed by atoms with Crippen molar-refractivity contribution >= 4 is 6.03 Å². The summed E-state index contributed by atoms with van der Waals surface area (Å²) in [6, 6.07) is 5.72. The van der Waals surface area contributed by atoms with Gasteiger partial charge in [0, 0.05) is 18.4 Å². The summed E-state index contributed by atoms with van der Waals surface area (Å²) in [6.07, 6.45) is 3.52. The summed E-state index contributed by atoms with van der Waals surface area (Å²) >= 11 is 0. The van der Waals surface area contributed by atoms with E-state index in [1.807, 2.05) is 19.2 Å². The van der Waals surface area contributed by atoms with Crippen LogP contribution in [0.5, 0.6) is 5.75 Å². The fraction of sp³-hybridized carbons (Fsp3) is 0.375. The van der Waals surface area contributed by atoms with E-state index in [4.69, 9.17) is 4.74 Å². The lowest BCUT2D eigenvalue weighted by atomic mass is 10.1. The molecule has 0 fully saturated rings. The molecule has 6 nitrogen and oxygen atoms in total. The molecule has 0 aliphatic rings. The molecule has 23 heavy (non-hydrogen) atoms. The molecule has 0 bridgehead atoms. The number of benzene rings is 1. The first-order valence-corrected chi connectivity index (χ1v) is 7.37. The Morgan fingerprint density at radius 3 is 2.78 bits per heavy atom. The second-order valence-corrected chi connectivity index (χ2v) is 5.36. The van der Waals surface area contributed by atoms with Crippen LogP contribution in [0, 0.1) is 5.82 Å². The molecule has 2 N–H and O–H groups in total. The summed E-state index contributed by atoms with van der Waals surface area (Å²) in [5, 5.41) is 9.70. The molecule has 0 aliphatic heterocycles. The van der Waals surface area contributed by atoms with E-state index in [0.717, 1.165) is 0 Å². The maximum Gasteiger partial charge on any atom is 0.315 e. The number of nitrogens with zero attached hydrogens (tertiary/aromatic N) is 2. The zero-order chi connectivity index (χ0) is 16.8. The number of hydrogen-bond acceptors (Lipinski definition) is 3. The maximum absolute atomic E-state index is 13.7. The number of aromatic nitrogens is 2.